The number of anilines is 1. The fourth-order valence-corrected chi connectivity index (χ4v) is 3.21. The van der Waals surface area contributed by atoms with E-state index in [-0.39, 0.29) is 18.4 Å². The first kappa shape index (κ1) is 17.1. The van der Waals surface area contributed by atoms with Crippen molar-refractivity contribution in [1.82, 2.24) is 10.6 Å². The summed E-state index contributed by atoms with van der Waals surface area (Å²) < 4.78 is 5.56. The van der Waals surface area contributed by atoms with Gasteiger partial charge in [-0.25, -0.2) is 0 Å². The molecule has 1 aliphatic rings. The van der Waals surface area contributed by atoms with Crippen molar-refractivity contribution < 1.29 is 14.0 Å². The SMILES string of the molecule is CCNC(=O)CNC(=O)c1ccoc1CN1c2ccccc2C[C@H]1C. The van der Waals surface area contributed by atoms with Gasteiger partial charge in [-0.1, -0.05) is 18.2 Å². The maximum absolute atomic E-state index is 12.4. The predicted molar refractivity (Wildman–Crippen MR) is 95.5 cm³/mol. The molecule has 0 spiro atoms. The number of rotatable bonds is 6. The largest absolute Gasteiger partial charge is 0.467 e. The smallest absolute Gasteiger partial charge is 0.255 e. The minimum absolute atomic E-state index is 0.0414. The van der Waals surface area contributed by atoms with Gasteiger partial charge in [0, 0.05) is 18.3 Å². The Balaban J connectivity index is 1.70. The van der Waals surface area contributed by atoms with Crippen LogP contribution >= 0.6 is 0 Å². The third-order valence-corrected chi connectivity index (χ3v) is 4.44. The minimum atomic E-state index is -0.296. The Kier molecular flexibility index (Phi) is 5.07. The Morgan fingerprint density at radius 1 is 1.24 bits per heavy atom. The van der Waals surface area contributed by atoms with Crippen molar-refractivity contribution in [2.45, 2.75) is 32.9 Å². The van der Waals surface area contributed by atoms with E-state index in [1.165, 1.54) is 17.5 Å². The Morgan fingerprint density at radius 2 is 2.04 bits per heavy atom. The van der Waals surface area contributed by atoms with Crippen molar-refractivity contribution in [2.75, 3.05) is 18.0 Å². The van der Waals surface area contributed by atoms with Gasteiger partial charge in [0.05, 0.1) is 24.9 Å². The number of likely N-dealkylation sites (N-methyl/N-ethyl adjacent to an activating group) is 1. The highest BCUT2D eigenvalue weighted by Crippen LogP contribution is 2.33. The Morgan fingerprint density at radius 3 is 2.84 bits per heavy atom. The molecule has 0 radical (unpaired) electrons. The molecule has 1 atom stereocenters. The van der Waals surface area contributed by atoms with E-state index >= 15 is 0 Å². The molecule has 0 saturated carbocycles. The molecule has 1 aliphatic heterocycles. The molecular weight excluding hydrogens is 318 g/mol. The maximum Gasteiger partial charge on any atom is 0.255 e. The first-order chi connectivity index (χ1) is 12.1. The van der Waals surface area contributed by atoms with Crippen molar-refractivity contribution in [3.63, 3.8) is 0 Å². The molecule has 0 bridgehead atoms. The molecule has 1 aromatic heterocycles. The minimum Gasteiger partial charge on any atom is -0.467 e. The summed E-state index contributed by atoms with van der Waals surface area (Å²) in [7, 11) is 0. The lowest BCUT2D eigenvalue weighted by Gasteiger charge is -2.24. The summed E-state index contributed by atoms with van der Waals surface area (Å²) in [4.78, 5) is 26.1. The molecule has 0 aliphatic carbocycles. The standard InChI is InChI=1S/C19H23N3O3/c1-3-20-18(23)11-21-19(24)15-8-9-25-17(15)12-22-13(2)10-14-6-4-5-7-16(14)22/h4-9,13H,3,10-12H2,1-2H3,(H,20,23)(H,21,24)/t13-/m1/s1. The number of hydrogen-bond acceptors (Lipinski definition) is 4. The van der Waals surface area contributed by atoms with Gasteiger partial charge in [-0.3, -0.25) is 9.59 Å². The van der Waals surface area contributed by atoms with Gasteiger partial charge in [0.25, 0.3) is 5.91 Å². The van der Waals surface area contributed by atoms with Crippen LogP contribution in [-0.2, 0) is 17.8 Å². The molecule has 132 valence electrons. The molecule has 2 heterocycles. The molecule has 3 rings (SSSR count). The molecule has 2 aromatic rings. The number of nitrogens with one attached hydrogen (secondary N) is 2. The average molecular weight is 341 g/mol. The maximum atomic E-state index is 12.4. The van der Waals surface area contributed by atoms with Gasteiger partial charge in [0.15, 0.2) is 0 Å². The van der Waals surface area contributed by atoms with E-state index in [1.54, 1.807) is 6.07 Å². The van der Waals surface area contributed by atoms with E-state index in [4.69, 9.17) is 4.42 Å². The summed E-state index contributed by atoms with van der Waals surface area (Å²) in [5.74, 6) is 0.107. The van der Waals surface area contributed by atoms with Crippen LogP contribution in [0.25, 0.3) is 0 Å². The van der Waals surface area contributed by atoms with Crippen LogP contribution in [0.4, 0.5) is 5.69 Å². The zero-order valence-corrected chi connectivity index (χ0v) is 14.5. The lowest BCUT2D eigenvalue weighted by Crippen LogP contribution is -2.37. The van der Waals surface area contributed by atoms with Crippen LogP contribution in [0.5, 0.6) is 0 Å². The predicted octanol–water partition coefficient (Wildman–Crippen LogP) is 2.10. The van der Waals surface area contributed by atoms with Gasteiger partial charge in [-0.2, -0.15) is 0 Å². The number of carbonyl (C=O) groups excluding carboxylic acids is 2. The molecule has 0 unspecified atom stereocenters. The van der Waals surface area contributed by atoms with Crippen molar-refractivity contribution in [3.8, 4) is 0 Å². The summed E-state index contributed by atoms with van der Waals surface area (Å²) in [5.41, 5.74) is 2.96. The molecule has 6 heteroatoms. The highest BCUT2D eigenvalue weighted by Gasteiger charge is 2.28. The molecule has 0 fully saturated rings. The highest BCUT2D eigenvalue weighted by molar-refractivity contribution is 5.97. The molecule has 2 N–H and O–H groups in total. The summed E-state index contributed by atoms with van der Waals surface area (Å²) in [5, 5.41) is 5.29. The first-order valence-electron chi connectivity index (χ1n) is 8.56. The number of furan rings is 1. The highest BCUT2D eigenvalue weighted by atomic mass is 16.3. The van der Waals surface area contributed by atoms with Crippen LogP contribution in [-0.4, -0.2) is 30.9 Å². The van der Waals surface area contributed by atoms with Gasteiger partial charge in [0.2, 0.25) is 5.91 Å². The Bertz CT molecular complexity index is 769. The lowest BCUT2D eigenvalue weighted by atomic mass is 10.1. The van der Waals surface area contributed by atoms with Crippen LogP contribution in [0.3, 0.4) is 0 Å². The summed E-state index contributed by atoms with van der Waals surface area (Å²) in [6, 6.07) is 10.3. The third-order valence-electron chi connectivity index (χ3n) is 4.44. The van der Waals surface area contributed by atoms with Crippen LogP contribution in [0, 0.1) is 0 Å². The quantitative estimate of drug-likeness (QED) is 0.844. The Hall–Kier alpha value is -2.76. The molecule has 0 saturated heterocycles. The fourth-order valence-electron chi connectivity index (χ4n) is 3.21. The molecule has 1 aromatic carbocycles. The van der Waals surface area contributed by atoms with E-state index in [0.29, 0.717) is 30.5 Å². The second kappa shape index (κ2) is 7.42. The molecule has 2 amide bonds. The van der Waals surface area contributed by atoms with E-state index in [1.807, 2.05) is 19.1 Å². The van der Waals surface area contributed by atoms with E-state index in [0.717, 1.165) is 6.42 Å². The normalized spacial score (nSPS) is 15.8. The van der Waals surface area contributed by atoms with Gasteiger partial charge in [-0.05, 0) is 38.0 Å². The van der Waals surface area contributed by atoms with Gasteiger partial charge in [0.1, 0.15) is 5.76 Å². The van der Waals surface area contributed by atoms with E-state index in [2.05, 4.69) is 34.6 Å². The van der Waals surface area contributed by atoms with Crippen molar-refractivity contribution in [1.29, 1.82) is 0 Å². The number of benzene rings is 1. The van der Waals surface area contributed by atoms with Crippen molar-refractivity contribution in [2.24, 2.45) is 0 Å². The number of fused-ring (bicyclic) bond motifs is 1. The summed E-state index contributed by atoms with van der Waals surface area (Å²) in [6.07, 6.45) is 2.50. The fraction of sp³-hybridized carbons (Fsp3) is 0.368. The van der Waals surface area contributed by atoms with E-state index in [9.17, 15) is 9.59 Å². The number of carbonyl (C=O) groups is 2. The second-order valence-electron chi connectivity index (χ2n) is 6.20. The first-order valence-corrected chi connectivity index (χ1v) is 8.56. The van der Waals surface area contributed by atoms with Crippen LogP contribution in [0.15, 0.2) is 41.0 Å². The number of nitrogens with zero attached hydrogens (tertiary/aromatic N) is 1. The zero-order valence-electron chi connectivity index (χ0n) is 14.5. The van der Waals surface area contributed by atoms with Gasteiger partial charge in [-0.15, -0.1) is 0 Å². The second-order valence-corrected chi connectivity index (χ2v) is 6.20. The topological polar surface area (TPSA) is 74.6 Å². The average Bonchev–Trinajstić information content (AvgIpc) is 3.18. The van der Waals surface area contributed by atoms with Gasteiger partial charge < -0.3 is 20.0 Å². The summed E-state index contributed by atoms with van der Waals surface area (Å²) in [6.45, 7) is 5.02. The monoisotopic (exact) mass is 341 g/mol. The third kappa shape index (κ3) is 3.68. The molecular formula is C19H23N3O3. The number of amides is 2. The Labute approximate surface area is 147 Å². The van der Waals surface area contributed by atoms with Crippen LogP contribution in [0.2, 0.25) is 0 Å². The molecule has 6 nitrogen and oxygen atoms in total. The van der Waals surface area contributed by atoms with E-state index < -0.39 is 0 Å². The van der Waals surface area contributed by atoms with Crippen molar-refractivity contribution in [3.05, 3.63) is 53.5 Å². The zero-order chi connectivity index (χ0) is 17.8. The van der Waals surface area contributed by atoms with Crippen LogP contribution in [0.1, 0.15) is 35.5 Å². The summed E-state index contributed by atoms with van der Waals surface area (Å²) >= 11 is 0. The van der Waals surface area contributed by atoms with Gasteiger partial charge >= 0.3 is 0 Å². The number of para-hydroxylation sites is 1. The lowest BCUT2D eigenvalue weighted by molar-refractivity contribution is -0.120. The van der Waals surface area contributed by atoms with Crippen molar-refractivity contribution >= 4 is 17.5 Å². The molecule has 25 heavy (non-hydrogen) atoms. The number of hydrogen-bond donors (Lipinski definition) is 2. The van der Waals surface area contributed by atoms with Crippen LogP contribution < -0.4 is 15.5 Å².